The van der Waals surface area contributed by atoms with Crippen LogP contribution in [0.5, 0.6) is 0 Å². The lowest BCUT2D eigenvalue weighted by atomic mass is 10.1. The molecule has 0 aliphatic heterocycles. The zero-order valence-electron chi connectivity index (χ0n) is 16.1. The summed E-state index contributed by atoms with van der Waals surface area (Å²) < 4.78 is 1.69. The number of nitrogens with zero attached hydrogens (tertiary/aromatic N) is 4. The molecule has 2 heterocycles. The third-order valence-corrected chi connectivity index (χ3v) is 4.49. The van der Waals surface area contributed by atoms with Crippen molar-refractivity contribution in [1.29, 1.82) is 0 Å². The largest absolute Gasteiger partial charge is 0.309 e. The number of non-ortho nitro benzene ring substituents is 1. The summed E-state index contributed by atoms with van der Waals surface area (Å²) in [5, 5.41) is 25.1. The van der Waals surface area contributed by atoms with Crippen LogP contribution in [-0.2, 0) is 11.2 Å². The molecule has 4 aromatic rings. The zero-order valence-corrected chi connectivity index (χ0v) is 16.1. The van der Waals surface area contributed by atoms with Crippen LogP contribution in [0.3, 0.4) is 0 Å². The normalized spacial score (nSPS) is 10.7. The predicted octanol–water partition coefficient (Wildman–Crippen LogP) is 3.66. The number of anilines is 1. The summed E-state index contributed by atoms with van der Waals surface area (Å²) in [5.74, 6) is 0.210. The van der Waals surface area contributed by atoms with Gasteiger partial charge in [0.25, 0.3) is 5.69 Å². The molecule has 4 rings (SSSR count). The Labute approximate surface area is 171 Å². The summed E-state index contributed by atoms with van der Waals surface area (Å²) >= 11 is 0. The highest BCUT2D eigenvalue weighted by atomic mass is 16.6. The van der Waals surface area contributed by atoms with E-state index in [9.17, 15) is 14.9 Å². The first-order chi connectivity index (χ1) is 14.5. The van der Waals surface area contributed by atoms with Crippen LogP contribution >= 0.6 is 0 Å². The first kappa shape index (κ1) is 19.1. The highest BCUT2D eigenvalue weighted by Gasteiger charge is 2.17. The van der Waals surface area contributed by atoms with Crippen LogP contribution in [0.25, 0.3) is 16.9 Å². The minimum Gasteiger partial charge on any atom is -0.309 e. The van der Waals surface area contributed by atoms with E-state index in [2.05, 4.69) is 20.6 Å². The lowest BCUT2D eigenvalue weighted by Gasteiger charge is -2.03. The summed E-state index contributed by atoms with van der Waals surface area (Å²) in [6.07, 6.45) is 1.87. The quantitative estimate of drug-likeness (QED) is 0.377. The molecule has 0 atom stereocenters. The molecule has 0 aliphatic rings. The number of H-pyrrole nitrogens is 1. The molecular weight excluding hydrogens is 384 g/mol. The minimum absolute atomic E-state index is 0.00515. The monoisotopic (exact) mass is 402 g/mol. The van der Waals surface area contributed by atoms with Gasteiger partial charge in [0, 0.05) is 41.2 Å². The van der Waals surface area contributed by atoms with Crippen molar-refractivity contribution in [3.63, 3.8) is 0 Å². The maximum absolute atomic E-state index is 12.6. The van der Waals surface area contributed by atoms with Crippen molar-refractivity contribution < 1.29 is 9.72 Å². The van der Waals surface area contributed by atoms with E-state index < -0.39 is 4.92 Å². The van der Waals surface area contributed by atoms with Crippen molar-refractivity contribution in [3.8, 4) is 16.9 Å². The molecule has 0 spiro atoms. The van der Waals surface area contributed by atoms with Gasteiger partial charge in [0.05, 0.1) is 22.7 Å². The van der Waals surface area contributed by atoms with Crippen LogP contribution in [0.1, 0.15) is 11.3 Å². The highest BCUT2D eigenvalue weighted by molar-refractivity contribution is 5.92. The number of nitro groups is 1. The van der Waals surface area contributed by atoms with Gasteiger partial charge in [0.2, 0.25) is 5.91 Å². The van der Waals surface area contributed by atoms with E-state index in [0.29, 0.717) is 22.6 Å². The Hall–Kier alpha value is -4.27. The number of aromatic amines is 1. The van der Waals surface area contributed by atoms with Crippen LogP contribution in [0, 0.1) is 17.0 Å². The molecular formula is C21H18N6O3. The Bertz CT molecular complexity index is 1200. The van der Waals surface area contributed by atoms with Gasteiger partial charge < -0.3 is 5.32 Å². The second kappa shape index (κ2) is 8.00. The number of nitrogens with one attached hydrogen (secondary N) is 2. The number of amides is 1. The molecule has 0 aliphatic carbocycles. The van der Waals surface area contributed by atoms with E-state index in [1.54, 1.807) is 29.1 Å². The fourth-order valence-electron chi connectivity index (χ4n) is 3.08. The average molecular weight is 402 g/mol. The van der Waals surface area contributed by atoms with E-state index in [0.717, 1.165) is 11.4 Å². The Morgan fingerprint density at radius 1 is 1.17 bits per heavy atom. The molecule has 0 saturated carbocycles. The highest BCUT2D eigenvalue weighted by Crippen LogP contribution is 2.26. The lowest BCUT2D eigenvalue weighted by Crippen LogP contribution is -2.14. The molecule has 0 saturated heterocycles. The van der Waals surface area contributed by atoms with Gasteiger partial charge in [-0.15, -0.1) is 0 Å². The van der Waals surface area contributed by atoms with E-state index >= 15 is 0 Å². The first-order valence-corrected chi connectivity index (χ1v) is 9.20. The molecule has 0 radical (unpaired) electrons. The van der Waals surface area contributed by atoms with E-state index in [-0.39, 0.29) is 18.0 Å². The lowest BCUT2D eigenvalue weighted by molar-refractivity contribution is -0.384. The smallest absolute Gasteiger partial charge is 0.269 e. The number of benzene rings is 2. The molecule has 150 valence electrons. The first-order valence-electron chi connectivity index (χ1n) is 9.20. The number of carbonyl (C=O) groups excluding carboxylic acids is 1. The number of nitro benzene ring substituents is 1. The number of carbonyl (C=O) groups is 1. The van der Waals surface area contributed by atoms with Gasteiger partial charge in [-0.2, -0.15) is 10.2 Å². The number of hydrogen-bond acceptors (Lipinski definition) is 5. The number of rotatable bonds is 6. The molecule has 2 N–H and O–H groups in total. The molecule has 1 amide bonds. The second-order valence-corrected chi connectivity index (χ2v) is 6.75. The van der Waals surface area contributed by atoms with Crippen LogP contribution in [0.2, 0.25) is 0 Å². The van der Waals surface area contributed by atoms with Gasteiger partial charge in [-0.3, -0.25) is 20.0 Å². The van der Waals surface area contributed by atoms with Gasteiger partial charge >= 0.3 is 0 Å². The maximum atomic E-state index is 12.6. The fourth-order valence-corrected chi connectivity index (χ4v) is 3.08. The Balaban J connectivity index is 1.67. The molecule has 0 unspecified atom stereocenters. The van der Waals surface area contributed by atoms with Crippen molar-refractivity contribution in [2.75, 3.05) is 5.32 Å². The van der Waals surface area contributed by atoms with Crippen LogP contribution in [0.15, 0.2) is 66.9 Å². The van der Waals surface area contributed by atoms with Crippen LogP contribution < -0.4 is 5.32 Å². The zero-order chi connectivity index (χ0) is 21.1. The van der Waals surface area contributed by atoms with Gasteiger partial charge in [-0.25, -0.2) is 4.68 Å². The van der Waals surface area contributed by atoms with Gasteiger partial charge in [-0.1, -0.05) is 18.2 Å². The van der Waals surface area contributed by atoms with E-state index in [4.69, 9.17) is 0 Å². The number of para-hydroxylation sites is 1. The van der Waals surface area contributed by atoms with E-state index in [1.807, 2.05) is 37.3 Å². The minimum atomic E-state index is -0.452. The summed E-state index contributed by atoms with van der Waals surface area (Å²) in [4.78, 5) is 23.1. The molecule has 9 nitrogen and oxygen atoms in total. The molecule has 30 heavy (non-hydrogen) atoms. The Kier molecular flexibility index (Phi) is 5.08. The summed E-state index contributed by atoms with van der Waals surface area (Å²) in [5.41, 5.74) is 3.65. The predicted molar refractivity (Wildman–Crippen MR) is 111 cm³/mol. The number of hydrogen-bond donors (Lipinski definition) is 2. The molecule has 0 bridgehead atoms. The fraction of sp³-hybridized carbons (Fsp3) is 0.0952. The second-order valence-electron chi connectivity index (χ2n) is 6.75. The Morgan fingerprint density at radius 3 is 2.53 bits per heavy atom. The summed E-state index contributed by atoms with van der Waals surface area (Å²) in [7, 11) is 0. The average Bonchev–Trinajstić information content (AvgIpc) is 3.34. The summed E-state index contributed by atoms with van der Waals surface area (Å²) in [6.45, 7) is 1.85. The third kappa shape index (κ3) is 4.09. The standard InChI is InChI=1S/C21H18N6O3/c1-14-11-19(24-23-14)22-20(28)12-16-13-26(17-5-3-2-4-6-17)25-21(16)15-7-9-18(10-8-15)27(29)30/h2-11,13H,12H2,1H3,(H2,22,23,24,28). The third-order valence-electron chi connectivity index (χ3n) is 4.49. The molecule has 9 heteroatoms. The number of aryl methyl sites for hydroxylation is 1. The van der Waals surface area contributed by atoms with Gasteiger partial charge in [0.1, 0.15) is 0 Å². The van der Waals surface area contributed by atoms with Gasteiger partial charge in [0.15, 0.2) is 5.82 Å². The van der Waals surface area contributed by atoms with Crippen molar-refractivity contribution in [1.82, 2.24) is 20.0 Å². The molecule has 2 aromatic heterocycles. The summed E-state index contributed by atoms with van der Waals surface area (Å²) in [6, 6.07) is 17.4. The van der Waals surface area contributed by atoms with Gasteiger partial charge in [-0.05, 0) is 31.2 Å². The molecule has 0 fully saturated rings. The van der Waals surface area contributed by atoms with E-state index in [1.165, 1.54) is 12.1 Å². The van der Waals surface area contributed by atoms with Crippen LogP contribution in [0.4, 0.5) is 11.5 Å². The SMILES string of the molecule is Cc1cc(NC(=O)Cc2cn(-c3ccccc3)nc2-c2ccc([N+](=O)[O-])cc2)n[nH]1. The van der Waals surface area contributed by atoms with Crippen LogP contribution in [-0.4, -0.2) is 30.8 Å². The van der Waals surface area contributed by atoms with Crippen molar-refractivity contribution in [3.05, 3.63) is 88.2 Å². The number of aromatic nitrogens is 4. The maximum Gasteiger partial charge on any atom is 0.269 e. The van der Waals surface area contributed by atoms with Crippen molar-refractivity contribution in [2.45, 2.75) is 13.3 Å². The van der Waals surface area contributed by atoms with Crippen molar-refractivity contribution >= 4 is 17.4 Å². The topological polar surface area (TPSA) is 119 Å². The Morgan fingerprint density at radius 2 is 1.90 bits per heavy atom. The molecule has 2 aromatic carbocycles. The van der Waals surface area contributed by atoms with Crippen molar-refractivity contribution in [2.24, 2.45) is 0 Å².